The Hall–Kier alpha value is -5.09. The van der Waals surface area contributed by atoms with Gasteiger partial charge in [0, 0.05) is 16.7 Å². The minimum atomic E-state index is -0.0194. The Bertz CT molecular complexity index is 2110. The summed E-state index contributed by atoms with van der Waals surface area (Å²) in [6, 6.07) is 39.7. The number of oxazole rings is 1. The first-order chi connectivity index (χ1) is 21.5. The van der Waals surface area contributed by atoms with Crippen LogP contribution < -0.4 is 0 Å². The van der Waals surface area contributed by atoms with E-state index in [2.05, 4.69) is 131 Å². The van der Waals surface area contributed by atoms with Gasteiger partial charge in [0.2, 0.25) is 5.89 Å². The Morgan fingerprint density at radius 1 is 0.422 bits per heavy atom. The van der Waals surface area contributed by atoms with Gasteiger partial charge >= 0.3 is 0 Å². The van der Waals surface area contributed by atoms with Crippen molar-refractivity contribution in [2.75, 3.05) is 0 Å². The Balaban J connectivity index is 1.29. The highest BCUT2D eigenvalue weighted by molar-refractivity contribution is 5.88. The van der Waals surface area contributed by atoms with Crippen molar-refractivity contribution < 1.29 is 4.42 Å². The fourth-order valence-corrected chi connectivity index (χ4v) is 5.96. The Labute approximate surface area is 264 Å². The Kier molecular flexibility index (Phi) is 6.89. The van der Waals surface area contributed by atoms with E-state index >= 15 is 0 Å². The fraction of sp³-hybridized carbons (Fsp3) is 0.195. The van der Waals surface area contributed by atoms with E-state index in [-0.39, 0.29) is 10.8 Å². The van der Waals surface area contributed by atoms with Gasteiger partial charge in [-0.15, -0.1) is 0 Å². The monoisotopic (exact) mass is 587 g/mol. The number of rotatable bonds is 4. The number of para-hydroxylation sites is 2. The number of nitrogens with zero attached hydrogens (tertiary/aromatic N) is 3. The predicted octanol–water partition coefficient (Wildman–Crippen LogP) is 11.0. The third-order valence-electron chi connectivity index (χ3n) is 8.38. The minimum absolute atomic E-state index is 0.0132. The molecule has 0 saturated carbocycles. The third-order valence-corrected chi connectivity index (χ3v) is 8.38. The molecule has 0 aliphatic heterocycles. The van der Waals surface area contributed by atoms with E-state index in [1.165, 1.54) is 11.1 Å². The average Bonchev–Trinajstić information content (AvgIpc) is 3.48. The van der Waals surface area contributed by atoms with E-state index in [0.29, 0.717) is 5.89 Å². The SMILES string of the molecule is CC(C)(C)c1cc2nc(-c3ccccc3)c(-c3ccc(-c4ccc(-c5nc6ccccc6o5)cc4)cc3)nc2cc1C(C)(C)C. The zero-order valence-electron chi connectivity index (χ0n) is 26.7. The number of fused-ring (bicyclic) bond motifs is 2. The average molecular weight is 588 g/mol. The van der Waals surface area contributed by atoms with E-state index in [4.69, 9.17) is 14.4 Å². The van der Waals surface area contributed by atoms with Crippen molar-refractivity contribution in [2.45, 2.75) is 52.4 Å². The van der Waals surface area contributed by atoms with Crippen molar-refractivity contribution >= 4 is 22.1 Å². The van der Waals surface area contributed by atoms with Crippen LogP contribution in [-0.4, -0.2) is 15.0 Å². The molecule has 45 heavy (non-hydrogen) atoms. The fourth-order valence-electron chi connectivity index (χ4n) is 5.96. The summed E-state index contributed by atoms with van der Waals surface area (Å²) in [5, 5.41) is 0. The van der Waals surface area contributed by atoms with E-state index in [1.54, 1.807) is 0 Å². The molecule has 2 heterocycles. The second kappa shape index (κ2) is 10.8. The van der Waals surface area contributed by atoms with Gasteiger partial charge in [-0.1, -0.05) is 120 Å². The van der Waals surface area contributed by atoms with Crippen molar-refractivity contribution in [1.29, 1.82) is 0 Å². The van der Waals surface area contributed by atoms with Gasteiger partial charge in [0.15, 0.2) is 5.58 Å². The summed E-state index contributed by atoms with van der Waals surface area (Å²) >= 11 is 0. The molecule has 2 aromatic heterocycles. The smallest absolute Gasteiger partial charge is 0.227 e. The molecule has 0 bridgehead atoms. The van der Waals surface area contributed by atoms with Gasteiger partial charge in [-0.05, 0) is 69.5 Å². The van der Waals surface area contributed by atoms with Crippen molar-refractivity contribution in [3.8, 4) is 45.1 Å². The van der Waals surface area contributed by atoms with Crippen LogP contribution in [0.15, 0.2) is 120 Å². The van der Waals surface area contributed by atoms with Crippen LogP contribution >= 0.6 is 0 Å². The van der Waals surface area contributed by atoms with Gasteiger partial charge in [-0.3, -0.25) is 0 Å². The van der Waals surface area contributed by atoms with E-state index in [1.807, 2.05) is 30.3 Å². The van der Waals surface area contributed by atoms with Gasteiger partial charge < -0.3 is 4.42 Å². The van der Waals surface area contributed by atoms with Gasteiger partial charge in [0.05, 0.1) is 22.4 Å². The lowest BCUT2D eigenvalue weighted by Gasteiger charge is -2.30. The zero-order valence-corrected chi connectivity index (χ0v) is 26.7. The van der Waals surface area contributed by atoms with Crippen LogP contribution in [0.3, 0.4) is 0 Å². The van der Waals surface area contributed by atoms with Crippen LogP contribution in [0, 0.1) is 0 Å². The zero-order chi connectivity index (χ0) is 31.3. The first kappa shape index (κ1) is 28.7. The molecule has 0 unspecified atom stereocenters. The van der Waals surface area contributed by atoms with Crippen LogP contribution in [0.5, 0.6) is 0 Å². The maximum absolute atomic E-state index is 5.97. The molecule has 7 rings (SSSR count). The van der Waals surface area contributed by atoms with Crippen LogP contribution in [0.25, 0.3) is 67.2 Å². The summed E-state index contributed by atoms with van der Waals surface area (Å²) in [6.07, 6.45) is 0. The normalized spacial score (nSPS) is 12.2. The molecule has 0 spiro atoms. The molecule has 0 atom stereocenters. The lowest BCUT2D eigenvalue weighted by Crippen LogP contribution is -2.22. The standard InChI is InChI=1S/C41H37N3O/c1-40(2,3)31-24-34-35(25-32(31)41(4,5)6)43-38(37(42-34)28-12-8-7-9-13-28)29-20-16-26(17-21-29)27-18-22-30(23-19-27)39-44-33-14-10-11-15-36(33)45-39/h7-25H,1-6H3. The summed E-state index contributed by atoms with van der Waals surface area (Å²) in [6.45, 7) is 13.6. The topological polar surface area (TPSA) is 51.8 Å². The molecule has 0 saturated heterocycles. The second-order valence-electron chi connectivity index (χ2n) is 13.8. The van der Waals surface area contributed by atoms with E-state index < -0.39 is 0 Å². The lowest BCUT2D eigenvalue weighted by molar-refractivity contribution is 0.531. The summed E-state index contributed by atoms with van der Waals surface area (Å²) in [7, 11) is 0. The highest BCUT2D eigenvalue weighted by Gasteiger charge is 2.27. The van der Waals surface area contributed by atoms with Gasteiger partial charge in [0.1, 0.15) is 5.52 Å². The highest BCUT2D eigenvalue weighted by Crippen LogP contribution is 2.39. The van der Waals surface area contributed by atoms with E-state index in [9.17, 15) is 0 Å². The van der Waals surface area contributed by atoms with Crippen molar-refractivity contribution in [3.63, 3.8) is 0 Å². The molecule has 4 heteroatoms. The molecule has 7 aromatic rings. The second-order valence-corrected chi connectivity index (χ2v) is 13.8. The first-order valence-electron chi connectivity index (χ1n) is 15.5. The summed E-state index contributed by atoms with van der Waals surface area (Å²) in [5.41, 5.74) is 13.2. The van der Waals surface area contributed by atoms with Crippen LogP contribution in [0.4, 0.5) is 0 Å². The minimum Gasteiger partial charge on any atom is -0.436 e. The third kappa shape index (κ3) is 5.53. The molecule has 0 fully saturated rings. The molecule has 0 N–H and O–H groups in total. The number of hydrogen-bond acceptors (Lipinski definition) is 4. The van der Waals surface area contributed by atoms with Crippen LogP contribution in [0.1, 0.15) is 52.7 Å². The molecule has 0 aliphatic rings. The van der Waals surface area contributed by atoms with Crippen LogP contribution in [0.2, 0.25) is 0 Å². The lowest BCUT2D eigenvalue weighted by atomic mass is 9.75. The molecule has 0 amide bonds. The molecular formula is C41H37N3O. The quantitative estimate of drug-likeness (QED) is 0.206. The highest BCUT2D eigenvalue weighted by atomic mass is 16.3. The van der Waals surface area contributed by atoms with Crippen molar-refractivity contribution in [3.05, 3.63) is 126 Å². The van der Waals surface area contributed by atoms with Crippen molar-refractivity contribution in [1.82, 2.24) is 15.0 Å². The summed E-state index contributed by atoms with van der Waals surface area (Å²) in [4.78, 5) is 15.2. The van der Waals surface area contributed by atoms with E-state index in [0.717, 1.165) is 61.3 Å². The van der Waals surface area contributed by atoms with Gasteiger partial charge in [-0.25, -0.2) is 15.0 Å². The first-order valence-corrected chi connectivity index (χ1v) is 15.5. The molecule has 0 radical (unpaired) electrons. The Morgan fingerprint density at radius 2 is 0.867 bits per heavy atom. The molecule has 5 aromatic carbocycles. The van der Waals surface area contributed by atoms with Crippen LogP contribution in [-0.2, 0) is 10.8 Å². The van der Waals surface area contributed by atoms with Gasteiger partial charge in [0.25, 0.3) is 0 Å². The number of aromatic nitrogens is 3. The molecule has 0 aliphatic carbocycles. The molecular weight excluding hydrogens is 550 g/mol. The van der Waals surface area contributed by atoms with Gasteiger partial charge in [-0.2, -0.15) is 0 Å². The predicted molar refractivity (Wildman–Crippen MR) is 186 cm³/mol. The molecule has 222 valence electrons. The largest absolute Gasteiger partial charge is 0.436 e. The molecule has 4 nitrogen and oxygen atoms in total. The maximum Gasteiger partial charge on any atom is 0.227 e. The Morgan fingerprint density at radius 3 is 1.38 bits per heavy atom. The number of benzene rings is 5. The maximum atomic E-state index is 5.97. The number of hydrogen-bond donors (Lipinski definition) is 0. The summed E-state index contributed by atoms with van der Waals surface area (Å²) < 4.78 is 5.97. The van der Waals surface area contributed by atoms with Crippen molar-refractivity contribution in [2.24, 2.45) is 0 Å². The summed E-state index contributed by atoms with van der Waals surface area (Å²) in [5.74, 6) is 0.630.